The van der Waals surface area contributed by atoms with Gasteiger partial charge in [0.05, 0.1) is 0 Å². The lowest BCUT2D eigenvalue weighted by Crippen LogP contribution is -1.95. The van der Waals surface area contributed by atoms with Crippen molar-refractivity contribution in [3.8, 4) is 5.75 Å². The Bertz CT molecular complexity index is 612. The smallest absolute Gasteiger partial charge is 0.331 e. The van der Waals surface area contributed by atoms with Crippen LogP contribution in [0.25, 0.3) is 16.8 Å². The quantitative estimate of drug-likeness (QED) is 0.777. The molecule has 0 aliphatic carbocycles. The van der Waals surface area contributed by atoms with Crippen molar-refractivity contribution in [1.82, 2.24) is 0 Å². The summed E-state index contributed by atoms with van der Waals surface area (Å²) in [4.78, 5) is 10.8. The second-order valence-corrected chi connectivity index (χ2v) is 3.85. The number of hydrogen-bond acceptors (Lipinski definition) is 2. The van der Waals surface area contributed by atoms with Gasteiger partial charge in [0.15, 0.2) is 0 Å². The number of carbonyl (C=O) groups is 1. The summed E-state index contributed by atoms with van der Waals surface area (Å²) in [5, 5.41) is 20.5. The lowest BCUT2D eigenvalue weighted by Gasteiger charge is -2.05. The van der Waals surface area contributed by atoms with Gasteiger partial charge in [0.1, 0.15) is 5.75 Å². The Balaban J connectivity index is 2.71. The van der Waals surface area contributed by atoms with Crippen LogP contribution in [0.5, 0.6) is 5.75 Å². The SMILES string of the molecule is C/C(=C\c1c(O)ccc2ccccc12)C(=O)O. The summed E-state index contributed by atoms with van der Waals surface area (Å²) in [7, 11) is 0. The molecule has 3 heteroatoms. The molecule has 0 unspecified atom stereocenters. The zero-order valence-electron chi connectivity index (χ0n) is 9.34. The maximum atomic E-state index is 10.8. The number of rotatable bonds is 2. The fourth-order valence-corrected chi connectivity index (χ4v) is 1.71. The molecule has 0 atom stereocenters. The van der Waals surface area contributed by atoms with Gasteiger partial charge in [-0.05, 0) is 29.8 Å². The molecule has 0 radical (unpaired) electrons. The zero-order chi connectivity index (χ0) is 12.4. The van der Waals surface area contributed by atoms with Crippen molar-refractivity contribution in [3.05, 3.63) is 47.5 Å². The molecule has 0 aromatic heterocycles. The fraction of sp³-hybridized carbons (Fsp3) is 0.0714. The van der Waals surface area contributed by atoms with Crippen LogP contribution in [0.4, 0.5) is 0 Å². The molecule has 2 aromatic rings. The second-order valence-electron chi connectivity index (χ2n) is 3.85. The van der Waals surface area contributed by atoms with E-state index in [1.807, 2.05) is 24.3 Å². The largest absolute Gasteiger partial charge is 0.507 e. The molecule has 0 aliphatic heterocycles. The van der Waals surface area contributed by atoms with E-state index in [0.29, 0.717) is 5.56 Å². The predicted octanol–water partition coefficient (Wildman–Crippen LogP) is 3.03. The minimum atomic E-state index is -0.989. The van der Waals surface area contributed by atoms with E-state index in [2.05, 4.69) is 0 Å². The summed E-state index contributed by atoms with van der Waals surface area (Å²) in [6, 6.07) is 10.9. The lowest BCUT2D eigenvalue weighted by molar-refractivity contribution is -0.132. The van der Waals surface area contributed by atoms with E-state index in [1.165, 1.54) is 13.0 Å². The van der Waals surface area contributed by atoms with E-state index in [4.69, 9.17) is 5.11 Å². The van der Waals surface area contributed by atoms with Crippen LogP contribution in [0, 0.1) is 0 Å². The first-order valence-corrected chi connectivity index (χ1v) is 5.22. The Labute approximate surface area is 98.6 Å². The third kappa shape index (κ3) is 2.13. The number of fused-ring (bicyclic) bond motifs is 1. The highest BCUT2D eigenvalue weighted by atomic mass is 16.4. The highest BCUT2D eigenvalue weighted by molar-refractivity contribution is 5.98. The third-order valence-corrected chi connectivity index (χ3v) is 2.65. The summed E-state index contributed by atoms with van der Waals surface area (Å²) < 4.78 is 0. The minimum absolute atomic E-state index is 0.0873. The van der Waals surface area contributed by atoms with Gasteiger partial charge in [0, 0.05) is 11.1 Å². The Morgan fingerprint density at radius 2 is 1.88 bits per heavy atom. The van der Waals surface area contributed by atoms with Crippen molar-refractivity contribution in [2.45, 2.75) is 6.92 Å². The van der Waals surface area contributed by atoms with E-state index in [9.17, 15) is 9.90 Å². The Kier molecular flexibility index (Phi) is 2.83. The molecule has 0 bridgehead atoms. The zero-order valence-corrected chi connectivity index (χ0v) is 9.34. The molecule has 0 saturated carbocycles. The summed E-state index contributed by atoms with van der Waals surface area (Å²) in [6.45, 7) is 1.50. The van der Waals surface area contributed by atoms with Crippen LogP contribution in [-0.2, 0) is 4.79 Å². The van der Waals surface area contributed by atoms with Crippen LogP contribution in [0.15, 0.2) is 42.0 Å². The van der Waals surface area contributed by atoms with Gasteiger partial charge in [0.2, 0.25) is 0 Å². The number of carboxylic acids is 1. The maximum Gasteiger partial charge on any atom is 0.331 e. The molecule has 0 spiro atoms. The van der Waals surface area contributed by atoms with Crippen LogP contribution in [0.1, 0.15) is 12.5 Å². The van der Waals surface area contributed by atoms with E-state index in [1.54, 1.807) is 12.1 Å². The molecule has 0 amide bonds. The van der Waals surface area contributed by atoms with Gasteiger partial charge in [-0.25, -0.2) is 4.79 Å². The Morgan fingerprint density at radius 1 is 1.18 bits per heavy atom. The first-order valence-electron chi connectivity index (χ1n) is 5.22. The summed E-state index contributed by atoms with van der Waals surface area (Å²) in [5.41, 5.74) is 0.736. The third-order valence-electron chi connectivity index (χ3n) is 2.65. The van der Waals surface area contributed by atoms with Gasteiger partial charge in [0.25, 0.3) is 0 Å². The first-order chi connectivity index (χ1) is 8.09. The molecule has 2 N–H and O–H groups in total. The molecular weight excluding hydrogens is 216 g/mol. The van der Waals surface area contributed by atoms with Crippen LogP contribution in [0.2, 0.25) is 0 Å². The number of aliphatic carboxylic acids is 1. The van der Waals surface area contributed by atoms with E-state index >= 15 is 0 Å². The number of hydrogen-bond donors (Lipinski definition) is 2. The molecule has 2 aromatic carbocycles. The van der Waals surface area contributed by atoms with Crippen molar-refractivity contribution in [2.24, 2.45) is 0 Å². The van der Waals surface area contributed by atoms with E-state index in [-0.39, 0.29) is 11.3 Å². The van der Waals surface area contributed by atoms with Crippen molar-refractivity contribution in [3.63, 3.8) is 0 Å². The van der Waals surface area contributed by atoms with Crippen molar-refractivity contribution < 1.29 is 15.0 Å². The van der Waals surface area contributed by atoms with Crippen molar-refractivity contribution in [2.75, 3.05) is 0 Å². The van der Waals surface area contributed by atoms with Crippen LogP contribution in [0.3, 0.4) is 0 Å². The topological polar surface area (TPSA) is 57.5 Å². The van der Waals surface area contributed by atoms with Crippen LogP contribution < -0.4 is 0 Å². The number of phenols is 1. The molecule has 3 nitrogen and oxygen atoms in total. The monoisotopic (exact) mass is 228 g/mol. The summed E-state index contributed by atoms with van der Waals surface area (Å²) in [6.07, 6.45) is 1.49. The molecular formula is C14H12O3. The molecule has 0 fully saturated rings. The first kappa shape index (κ1) is 11.2. The van der Waals surface area contributed by atoms with E-state index in [0.717, 1.165) is 10.8 Å². The van der Waals surface area contributed by atoms with Gasteiger partial charge in [-0.2, -0.15) is 0 Å². The average Bonchev–Trinajstić information content (AvgIpc) is 2.32. The number of benzene rings is 2. The molecule has 0 saturated heterocycles. The van der Waals surface area contributed by atoms with Crippen molar-refractivity contribution in [1.29, 1.82) is 0 Å². The Hall–Kier alpha value is -2.29. The van der Waals surface area contributed by atoms with Gasteiger partial charge < -0.3 is 10.2 Å². The number of aromatic hydroxyl groups is 1. The predicted molar refractivity (Wildman–Crippen MR) is 66.9 cm³/mol. The van der Waals surface area contributed by atoms with Crippen LogP contribution >= 0.6 is 0 Å². The maximum absolute atomic E-state index is 10.8. The minimum Gasteiger partial charge on any atom is -0.507 e. The molecule has 86 valence electrons. The van der Waals surface area contributed by atoms with Crippen molar-refractivity contribution >= 4 is 22.8 Å². The molecule has 2 rings (SSSR count). The van der Waals surface area contributed by atoms with E-state index < -0.39 is 5.97 Å². The summed E-state index contributed by atoms with van der Waals surface area (Å²) >= 11 is 0. The summed E-state index contributed by atoms with van der Waals surface area (Å²) in [5.74, 6) is -0.901. The van der Waals surface area contributed by atoms with Gasteiger partial charge >= 0.3 is 5.97 Å². The standard InChI is InChI=1S/C14H12O3/c1-9(14(16)17)8-12-11-5-3-2-4-10(11)6-7-13(12)15/h2-8,15H,1H3,(H,16,17)/b9-8+. The van der Waals surface area contributed by atoms with Gasteiger partial charge in [-0.3, -0.25) is 0 Å². The number of carboxylic acid groups (broad SMARTS) is 1. The van der Waals surface area contributed by atoms with Gasteiger partial charge in [-0.15, -0.1) is 0 Å². The molecule has 17 heavy (non-hydrogen) atoms. The molecule has 0 heterocycles. The lowest BCUT2D eigenvalue weighted by atomic mass is 10.0. The average molecular weight is 228 g/mol. The Morgan fingerprint density at radius 3 is 2.59 bits per heavy atom. The molecule has 0 aliphatic rings. The highest BCUT2D eigenvalue weighted by Gasteiger charge is 2.07. The van der Waals surface area contributed by atoms with Gasteiger partial charge in [-0.1, -0.05) is 30.3 Å². The number of phenolic OH excluding ortho intramolecular Hbond substituents is 1. The second kappa shape index (κ2) is 4.29. The van der Waals surface area contributed by atoms with Crippen LogP contribution in [-0.4, -0.2) is 16.2 Å². The highest BCUT2D eigenvalue weighted by Crippen LogP contribution is 2.29. The normalized spacial score (nSPS) is 11.7. The fourth-order valence-electron chi connectivity index (χ4n) is 1.71.